The summed E-state index contributed by atoms with van der Waals surface area (Å²) in [6, 6.07) is 13.7. The zero-order valence-corrected chi connectivity index (χ0v) is 20.4. The minimum Gasteiger partial charge on any atom is -0.387 e. The predicted molar refractivity (Wildman–Crippen MR) is 128 cm³/mol. The molecule has 2 bridgehead atoms. The number of hydrogen-bond acceptors (Lipinski definition) is 7. The molecule has 190 valence electrons. The maximum Gasteiger partial charge on any atom is 0.225 e. The van der Waals surface area contributed by atoms with Gasteiger partial charge in [-0.1, -0.05) is 36.4 Å². The first-order valence-electron chi connectivity index (χ1n) is 12.0. The molecule has 0 saturated carbocycles. The summed E-state index contributed by atoms with van der Waals surface area (Å²) in [5.74, 6) is -2.01. The van der Waals surface area contributed by atoms with E-state index in [1.165, 1.54) is 13.8 Å². The van der Waals surface area contributed by atoms with Crippen molar-refractivity contribution in [3.8, 4) is 0 Å². The van der Waals surface area contributed by atoms with Gasteiger partial charge in [0.25, 0.3) is 0 Å². The summed E-state index contributed by atoms with van der Waals surface area (Å²) in [6.45, 7) is 4.77. The number of amides is 1. The molecular formula is C27H35NO7. The first-order valence-corrected chi connectivity index (χ1v) is 12.0. The maximum atomic E-state index is 10.9. The van der Waals surface area contributed by atoms with Gasteiger partial charge in [-0.2, -0.15) is 0 Å². The molecule has 2 aliphatic rings. The van der Waals surface area contributed by atoms with Crippen molar-refractivity contribution in [2.45, 2.75) is 81.8 Å². The van der Waals surface area contributed by atoms with E-state index in [-0.39, 0.29) is 12.5 Å². The number of aliphatic hydroxyl groups excluding tert-OH is 3. The third kappa shape index (κ3) is 4.50. The van der Waals surface area contributed by atoms with Crippen LogP contribution in [0.15, 0.2) is 42.5 Å². The average molecular weight is 486 g/mol. The average Bonchev–Trinajstić information content (AvgIpc) is 3.20. The number of benzene rings is 2. The van der Waals surface area contributed by atoms with Crippen LogP contribution in [0.4, 0.5) is 0 Å². The van der Waals surface area contributed by atoms with Crippen LogP contribution in [0.1, 0.15) is 54.5 Å². The van der Waals surface area contributed by atoms with Crippen LogP contribution in [0.2, 0.25) is 0 Å². The van der Waals surface area contributed by atoms with Gasteiger partial charge in [-0.15, -0.1) is 0 Å². The van der Waals surface area contributed by atoms with E-state index in [2.05, 4.69) is 0 Å². The molecule has 0 unspecified atom stereocenters. The van der Waals surface area contributed by atoms with Gasteiger partial charge in [0.1, 0.15) is 18.3 Å². The lowest BCUT2D eigenvalue weighted by atomic mass is 9.75. The van der Waals surface area contributed by atoms with Crippen molar-refractivity contribution in [3.05, 3.63) is 70.3 Å². The monoisotopic (exact) mass is 485 g/mol. The van der Waals surface area contributed by atoms with E-state index >= 15 is 0 Å². The Kier molecular flexibility index (Phi) is 6.83. The Morgan fingerprint density at radius 2 is 1.74 bits per heavy atom. The first-order chi connectivity index (χ1) is 16.4. The Balaban J connectivity index is 1.59. The number of rotatable bonds is 8. The molecule has 8 nitrogen and oxygen atoms in total. The molecule has 1 amide bonds. The van der Waals surface area contributed by atoms with Crippen molar-refractivity contribution in [2.24, 2.45) is 5.73 Å². The van der Waals surface area contributed by atoms with Crippen molar-refractivity contribution in [1.82, 2.24) is 0 Å². The summed E-state index contributed by atoms with van der Waals surface area (Å²) in [7, 11) is 0. The lowest BCUT2D eigenvalue weighted by Gasteiger charge is -2.50. The molecule has 35 heavy (non-hydrogen) atoms. The molecule has 0 spiro atoms. The summed E-state index contributed by atoms with van der Waals surface area (Å²) in [6.07, 6.45) is -2.16. The number of hydrogen-bond donors (Lipinski definition) is 5. The highest BCUT2D eigenvalue weighted by Crippen LogP contribution is 2.53. The van der Waals surface area contributed by atoms with Gasteiger partial charge in [-0.25, -0.2) is 0 Å². The van der Waals surface area contributed by atoms with Crippen LogP contribution in [0.3, 0.4) is 0 Å². The lowest BCUT2D eigenvalue weighted by molar-refractivity contribution is -0.348. The van der Waals surface area contributed by atoms with Gasteiger partial charge in [0, 0.05) is 12.0 Å². The normalized spacial score (nSPS) is 30.4. The Morgan fingerprint density at radius 3 is 2.37 bits per heavy atom. The fourth-order valence-corrected chi connectivity index (χ4v) is 5.07. The van der Waals surface area contributed by atoms with Gasteiger partial charge >= 0.3 is 0 Å². The minimum absolute atomic E-state index is 0.188. The highest BCUT2D eigenvalue weighted by Gasteiger charge is 2.71. The molecule has 2 aliphatic heterocycles. The standard InChI is InChI=1S/C27H35NO7/c1-16-7-12-20(14-19(16)13-18-10-8-17(9-11-18)5-4-6-21(28)29)27-24(32)22(30)23(31)26(35-27,15-34-27)25(2,3)33/h7-12,14,22-24,30-33H,4-6,13,15H2,1-3H3,(H2,28,29)/t22-,23-,24+,26-,27-/m0/s1. The molecule has 2 aromatic carbocycles. The molecule has 4 rings (SSSR count). The Hall–Kier alpha value is -2.33. The van der Waals surface area contributed by atoms with Crippen molar-refractivity contribution in [2.75, 3.05) is 6.61 Å². The van der Waals surface area contributed by atoms with Crippen LogP contribution in [-0.4, -0.2) is 62.5 Å². The molecule has 2 saturated heterocycles. The van der Waals surface area contributed by atoms with Gasteiger partial charge in [-0.05, 0) is 68.4 Å². The smallest absolute Gasteiger partial charge is 0.225 e. The number of nitrogens with two attached hydrogens (primary N) is 1. The zero-order valence-electron chi connectivity index (χ0n) is 20.4. The topological polar surface area (TPSA) is 142 Å². The third-order valence-electron chi connectivity index (χ3n) is 7.44. The van der Waals surface area contributed by atoms with Crippen molar-refractivity contribution >= 4 is 5.91 Å². The highest BCUT2D eigenvalue weighted by atomic mass is 16.8. The lowest BCUT2D eigenvalue weighted by Crippen LogP contribution is -2.70. The van der Waals surface area contributed by atoms with Crippen molar-refractivity contribution in [3.63, 3.8) is 0 Å². The Morgan fingerprint density at radius 1 is 1.09 bits per heavy atom. The van der Waals surface area contributed by atoms with Crippen LogP contribution in [0, 0.1) is 6.92 Å². The zero-order chi connectivity index (χ0) is 25.6. The predicted octanol–water partition coefficient (Wildman–Crippen LogP) is 1.20. The van der Waals surface area contributed by atoms with Crippen LogP contribution in [0.25, 0.3) is 0 Å². The molecule has 5 atom stereocenters. The minimum atomic E-state index is -1.72. The van der Waals surface area contributed by atoms with E-state index in [1.807, 2.05) is 43.3 Å². The summed E-state index contributed by atoms with van der Waals surface area (Å²) < 4.78 is 12.1. The van der Waals surface area contributed by atoms with E-state index < -0.39 is 35.3 Å². The molecule has 2 fully saturated rings. The van der Waals surface area contributed by atoms with Crippen LogP contribution < -0.4 is 5.73 Å². The molecule has 6 N–H and O–H groups in total. The second kappa shape index (κ2) is 9.28. The quantitative estimate of drug-likeness (QED) is 0.378. The van der Waals surface area contributed by atoms with E-state index in [0.29, 0.717) is 24.8 Å². The summed E-state index contributed by atoms with van der Waals surface area (Å²) in [4.78, 5) is 10.9. The molecule has 0 aliphatic carbocycles. The fraction of sp³-hybridized carbons (Fsp3) is 0.519. The molecule has 8 heteroatoms. The maximum absolute atomic E-state index is 10.9. The third-order valence-corrected chi connectivity index (χ3v) is 7.44. The van der Waals surface area contributed by atoms with Gasteiger partial charge < -0.3 is 35.6 Å². The van der Waals surface area contributed by atoms with Crippen LogP contribution >= 0.6 is 0 Å². The fourth-order valence-electron chi connectivity index (χ4n) is 5.07. The number of carbonyl (C=O) groups is 1. The van der Waals surface area contributed by atoms with Crippen LogP contribution in [0.5, 0.6) is 0 Å². The Bertz CT molecular complexity index is 1080. The van der Waals surface area contributed by atoms with Crippen molar-refractivity contribution < 1.29 is 34.7 Å². The van der Waals surface area contributed by atoms with E-state index in [9.17, 15) is 25.2 Å². The second-order valence-corrected chi connectivity index (χ2v) is 10.3. The summed E-state index contributed by atoms with van der Waals surface area (Å²) >= 11 is 0. The molecule has 2 heterocycles. The number of aryl methyl sites for hydroxylation is 2. The first kappa shape index (κ1) is 25.8. The number of fused-ring (bicyclic) bond motifs is 2. The van der Waals surface area contributed by atoms with Gasteiger partial charge in [-0.3, -0.25) is 4.79 Å². The number of aliphatic hydroxyl groups is 4. The number of ether oxygens (including phenoxy) is 2. The van der Waals surface area contributed by atoms with Crippen molar-refractivity contribution in [1.29, 1.82) is 0 Å². The highest BCUT2D eigenvalue weighted by molar-refractivity contribution is 5.73. The summed E-state index contributed by atoms with van der Waals surface area (Å²) in [5.41, 5.74) is 6.82. The van der Waals surface area contributed by atoms with Gasteiger partial charge in [0.15, 0.2) is 5.60 Å². The SMILES string of the molecule is Cc1ccc([C@]23OC[C@](C(C)(C)O)(O2)[C@@H](O)[C@H](O)[C@H]3O)cc1Cc1ccc(CCCC(N)=O)cc1. The summed E-state index contributed by atoms with van der Waals surface area (Å²) in [5, 5.41) is 43.0. The molecular weight excluding hydrogens is 450 g/mol. The number of carbonyl (C=O) groups excluding carboxylic acids is 1. The molecule has 2 aromatic rings. The van der Waals surface area contributed by atoms with E-state index in [0.717, 1.165) is 28.7 Å². The second-order valence-electron chi connectivity index (χ2n) is 10.3. The van der Waals surface area contributed by atoms with E-state index in [4.69, 9.17) is 15.2 Å². The van der Waals surface area contributed by atoms with Gasteiger partial charge in [0.2, 0.25) is 11.7 Å². The number of primary amides is 1. The molecule has 0 aromatic heterocycles. The van der Waals surface area contributed by atoms with Gasteiger partial charge in [0.05, 0.1) is 12.2 Å². The largest absolute Gasteiger partial charge is 0.387 e. The van der Waals surface area contributed by atoms with E-state index in [1.54, 1.807) is 6.07 Å². The molecule has 0 radical (unpaired) electrons. The Labute approximate surface area is 205 Å². The van der Waals surface area contributed by atoms with Crippen LogP contribution in [-0.2, 0) is 32.9 Å².